The van der Waals surface area contributed by atoms with E-state index in [-0.39, 0.29) is 11.8 Å². The fraction of sp³-hybridized carbons (Fsp3) is 0.286. The number of nitrogens with zero attached hydrogens (tertiary/aromatic N) is 6. The topological polar surface area (TPSA) is 90.0 Å². The number of aromatic nitrogens is 6. The third-order valence-corrected chi connectivity index (χ3v) is 5.47. The fourth-order valence-electron chi connectivity index (χ4n) is 3.94. The number of nitrogens with one attached hydrogen (secondary N) is 1. The maximum absolute atomic E-state index is 12.6. The van der Waals surface area contributed by atoms with E-state index in [1.807, 2.05) is 19.1 Å². The molecule has 0 fully saturated rings. The van der Waals surface area contributed by atoms with Gasteiger partial charge in [0.05, 0.1) is 5.69 Å². The molecule has 1 amide bonds. The summed E-state index contributed by atoms with van der Waals surface area (Å²) in [7, 11) is 0. The Hall–Kier alpha value is -3.55. The Morgan fingerprint density at radius 3 is 2.66 bits per heavy atom. The standard InChI is InChI=1S/C21H21N7O/c1-12(2)14-4-6-15(7-5-14)16-10-19(29)23-21-20(16)13(3)25-28(21)18-9-8-17-24-22-11-27(17)26-18/h4-9,11-12,16H,10H2,1-3H3,(H,23,29). The Labute approximate surface area is 167 Å². The minimum absolute atomic E-state index is 0.0260. The highest BCUT2D eigenvalue weighted by Crippen LogP contribution is 2.40. The highest BCUT2D eigenvalue weighted by Gasteiger charge is 2.33. The second kappa shape index (κ2) is 6.51. The molecule has 29 heavy (non-hydrogen) atoms. The molecule has 1 aliphatic heterocycles. The molecular formula is C21H21N7O. The van der Waals surface area contributed by atoms with Crippen LogP contribution in [0.1, 0.15) is 54.5 Å². The van der Waals surface area contributed by atoms with Crippen LogP contribution >= 0.6 is 0 Å². The first-order valence-electron chi connectivity index (χ1n) is 9.68. The molecule has 0 bridgehead atoms. The first-order valence-corrected chi connectivity index (χ1v) is 9.68. The molecule has 1 N–H and O–H groups in total. The summed E-state index contributed by atoms with van der Waals surface area (Å²) in [5, 5.41) is 20.1. The van der Waals surface area contributed by atoms with E-state index in [1.54, 1.807) is 15.5 Å². The van der Waals surface area contributed by atoms with Crippen molar-refractivity contribution in [1.82, 2.24) is 29.6 Å². The predicted molar refractivity (Wildman–Crippen MR) is 108 cm³/mol. The summed E-state index contributed by atoms with van der Waals surface area (Å²) in [4.78, 5) is 12.6. The number of carbonyl (C=O) groups is 1. The Morgan fingerprint density at radius 2 is 1.90 bits per heavy atom. The van der Waals surface area contributed by atoms with E-state index in [4.69, 9.17) is 5.10 Å². The van der Waals surface area contributed by atoms with Crippen LogP contribution in [0.2, 0.25) is 0 Å². The highest BCUT2D eigenvalue weighted by molar-refractivity contribution is 5.95. The van der Waals surface area contributed by atoms with E-state index in [1.165, 1.54) is 5.56 Å². The van der Waals surface area contributed by atoms with E-state index in [9.17, 15) is 4.79 Å². The van der Waals surface area contributed by atoms with Crippen molar-refractivity contribution in [2.24, 2.45) is 0 Å². The lowest BCUT2D eigenvalue weighted by Crippen LogP contribution is -2.25. The van der Waals surface area contributed by atoms with Crippen molar-refractivity contribution in [1.29, 1.82) is 0 Å². The van der Waals surface area contributed by atoms with Crippen LogP contribution in [-0.2, 0) is 4.79 Å². The first-order chi connectivity index (χ1) is 14.0. The lowest BCUT2D eigenvalue weighted by atomic mass is 9.85. The minimum atomic E-state index is -0.0349. The van der Waals surface area contributed by atoms with Gasteiger partial charge in [-0.25, -0.2) is 0 Å². The molecule has 4 aromatic rings. The molecule has 146 valence electrons. The summed E-state index contributed by atoms with van der Waals surface area (Å²) in [6.07, 6.45) is 1.94. The molecule has 5 rings (SSSR count). The smallest absolute Gasteiger partial charge is 0.226 e. The number of carbonyl (C=O) groups excluding carboxylic acids is 1. The molecule has 0 aliphatic carbocycles. The van der Waals surface area contributed by atoms with Gasteiger partial charge in [-0.05, 0) is 36.1 Å². The van der Waals surface area contributed by atoms with E-state index in [2.05, 4.69) is 58.7 Å². The first kappa shape index (κ1) is 17.5. The highest BCUT2D eigenvalue weighted by atomic mass is 16.1. The quantitative estimate of drug-likeness (QED) is 0.583. The normalized spacial score (nSPS) is 16.3. The van der Waals surface area contributed by atoms with Crippen molar-refractivity contribution in [2.45, 2.75) is 39.0 Å². The van der Waals surface area contributed by atoms with Crippen LogP contribution in [0, 0.1) is 6.92 Å². The van der Waals surface area contributed by atoms with E-state index in [0.29, 0.717) is 29.6 Å². The Bertz CT molecular complexity index is 1220. The van der Waals surface area contributed by atoms with Gasteiger partial charge >= 0.3 is 0 Å². The van der Waals surface area contributed by atoms with Gasteiger partial charge in [-0.15, -0.1) is 15.3 Å². The molecule has 1 atom stereocenters. The predicted octanol–water partition coefficient (Wildman–Crippen LogP) is 3.22. The maximum Gasteiger partial charge on any atom is 0.226 e. The maximum atomic E-state index is 12.6. The van der Waals surface area contributed by atoms with Crippen LogP contribution < -0.4 is 5.32 Å². The Balaban J connectivity index is 1.62. The van der Waals surface area contributed by atoms with Gasteiger partial charge in [0.2, 0.25) is 5.91 Å². The number of rotatable bonds is 3. The monoisotopic (exact) mass is 387 g/mol. The summed E-state index contributed by atoms with van der Waals surface area (Å²) >= 11 is 0. The number of amides is 1. The van der Waals surface area contributed by atoms with Crippen molar-refractivity contribution in [3.63, 3.8) is 0 Å². The van der Waals surface area contributed by atoms with E-state index in [0.717, 1.165) is 16.8 Å². The van der Waals surface area contributed by atoms with Crippen LogP contribution in [0.4, 0.5) is 5.82 Å². The fourth-order valence-corrected chi connectivity index (χ4v) is 3.94. The summed E-state index contributed by atoms with van der Waals surface area (Å²) in [5.41, 5.74) is 4.97. The number of fused-ring (bicyclic) bond motifs is 2. The van der Waals surface area contributed by atoms with Crippen LogP contribution in [-0.4, -0.2) is 35.5 Å². The Kier molecular flexibility index (Phi) is 3.94. The van der Waals surface area contributed by atoms with Gasteiger partial charge in [-0.3, -0.25) is 4.79 Å². The van der Waals surface area contributed by atoms with E-state index >= 15 is 0 Å². The third kappa shape index (κ3) is 2.88. The van der Waals surface area contributed by atoms with Gasteiger partial charge < -0.3 is 5.32 Å². The number of hydrogen-bond donors (Lipinski definition) is 1. The number of anilines is 1. The largest absolute Gasteiger partial charge is 0.310 e. The van der Waals surface area contributed by atoms with E-state index < -0.39 is 0 Å². The molecular weight excluding hydrogens is 366 g/mol. The number of benzene rings is 1. The molecule has 0 spiro atoms. The zero-order chi connectivity index (χ0) is 20.1. The lowest BCUT2D eigenvalue weighted by Gasteiger charge is -2.24. The van der Waals surface area contributed by atoms with Crippen molar-refractivity contribution < 1.29 is 4.79 Å². The molecule has 1 aromatic carbocycles. The van der Waals surface area contributed by atoms with Gasteiger partial charge in [0.1, 0.15) is 12.1 Å². The average Bonchev–Trinajstić information content (AvgIpc) is 3.31. The second-order valence-corrected chi connectivity index (χ2v) is 7.71. The summed E-state index contributed by atoms with van der Waals surface area (Å²) < 4.78 is 3.28. The zero-order valence-corrected chi connectivity index (χ0v) is 16.5. The van der Waals surface area contributed by atoms with Crippen LogP contribution in [0.5, 0.6) is 0 Å². The molecule has 8 heteroatoms. The average molecular weight is 387 g/mol. The summed E-state index contributed by atoms with van der Waals surface area (Å²) in [5.74, 6) is 1.68. The summed E-state index contributed by atoms with van der Waals surface area (Å²) in [6, 6.07) is 12.2. The van der Waals surface area contributed by atoms with Gasteiger partial charge in [-0.2, -0.15) is 14.3 Å². The SMILES string of the molecule is Cc1nn(-c2ccc3nncn3n2)c2c1C(c1ccc(C(C)C)cc1)CC(=O)N2. The number of hydrogen-bond acceptors (Lipinski definition) is 5. The van der Waals surface area contributed by atoms with Gasteiger partial charge in [0, 0.05) is 17.9 Å². The van der Waals surface area contributed by atoms with Gasteiger partial charge in [-0.1, -0.05) is 38.1 Å². The van der Waals surface area contributed by atoms with Crippen molar-refractivity contribution >= 4 is 17.4 Å². The van der Waals surface area contributed by atoms with Crippen LogP contribution in [0.25, 0.3) is 11.5 Å². The second-order valence-electron chi connectivity index (χ2n) is 7.71. The van der Waals surface area contributed by atoms with Crippen molar-refractivity contribution in [2.75, 3.05) is 5.32 Å². The van der Waals surface area contributed by atoms with Gasteiger partial charge in [0.25, 0.3) is 0 Å². The molecule has 4 heterocycles. The molecule has 3 aromatic heterocycles. The molecule has 1 aliphatic rings. The number of aryl methyl sites for hydroxylation is 1. The third-order valence-electron chi connectivity index (χ3n) is 5.47. The van der Waals surface area contributed by atoms with Crippen molar-refractivity contribution in [3.05, 3.63) is 65.1 Å². The summed E-state index contributed by atoms with van der Waals surface area (Å²) in [6.45, 7) is 6.32. The van der Waals surface area contributed by atoms with Crippen LogP contribution in [0.15, 0.2) is 42.7 Å². The molecule has 0 saturated carbocycles. The molecule has 0 radical (unpaired) electrons. The molecule has 1 unspecified atom stereocenters. The van der Waals surface area contributed by atoms with Crippen molar-refractivity contribution in [3.8, 4) is 5.82 Å². The minimum Gasteiger partial charge on any atom is -0.310 e. The van der Waals surface area contributed by atoms with Gasteiger partial charge in [0.15, 0.2) is 11.5 Å². The molecule has 8 nitrogen and oxygen atoms in total. The molecule has 0 saturated heterocycles. The Morgan fingerprint density at radius 1 is 1.10 bits per heavy atom. The zero-order valence-electron chi connectivity index (χ0n) is 16.5. The lowest BCUT2D eigenvalue weighted by molar-refractivity contribution is -0.116. The van der Waals surface area contributed by atoms with Crippen LogP contribution in [0.3, 0.4) is 0 Å².